The van der Waals surface area contributed by atoms with Crippen molar-refractivity contribution < 1.29 is 9.53 Å². The number of carbonyl (C=O) groups excluding carboxylic acids is 1. The van der Waals surface area contributed by atoms with Gasteiger partial charge in [0.1, 0.15) is 11.6 Å². The normalized spacial score (nSPS) is 10.6. The van der Waals surface area contributed by atoms with Gasteiger partial charge in [0.05, 0.1) is 24.2 Å². The van der Waals surface area contributed by atoms with Crippen molar-refractivity contribution in [2.45, 2.75) is 25.9 Å². The van der Waals surface area contributed by atoms with Gasteiger partial charge in [-0.1, -0.05) is 43.0 Å². The number of imidazole rings is 1. The second-order valence-electron chi connectivity index (χ2n) is 6.39. The van der Waals surface area contributed by atoms with Gasteiger partial charge in [0.25, 0.3) is 0 Å². The largest absolute Gasteiger partial charge is 0.493 e. The lowest BCUT2D eigenvalue weighted by atomic mass is 10.1. The number of benzene rings is 2. The zero-order valence-electron chi connectivity index (χ0n) is 15.9. The van der Waals surface area contributed by atoms with Crippen molar-refractivity contribution in [2.24, 2.45) is 0 Å². The Morgan fingerprint density at radius 3 is 2.75 bits per heavy atom. The van der Waals surface area contributed by atoms with Gasteiger partial charge >= 0.3 is 0 Å². The summed E-state index contributed by atoms with van der Waals surface area (Å²) in [7, 11) is 0. The third kappa shape index (κ3) is 4.68. The highest BCUT2D eigenvalue weighted by atomic mass is 16.5. The van der Waals surface area contributed by atoms with Crippen molar-refractivity contribution in [2.75, 3.05) is 6.61 Å². The van der Waals surface area contributed by atoms with E-state index in [1.54, 1.807) is 0 Å². The first kappa shape index (κ1) is 19.4. The van der Waals surface area contributed by atoms with Crippen LogP contribution in [-0.2, 0) is 24.3 Å². The fraction of sp³-hybridized carbons (Fsp3) is 0.217. The molecule has 0 bridgehead atoms. The molecule has 0 aliphatic rings. The quantitative estimate of drug-likeness (QED) is 0.331. The number of hydrogen-bond donors (Lipinski definition) is 1. The maximum Gasteiger partial charge on any atom is 0.243 e. The Bertz CT molecular complexity index is 975. The molecular formula is C23H25N3O2. The first-order valence-corrected chi connectivity index (χ1v) is 9.39. The summed E-state index contributed by atoms with van der Waals surface area (Å²) < 4.78 is 8.13. The van der Waals surface area contributed by atoms with Gasteiger partial charge in [0.15, 0.2) is 0 Å². The Kier molecular flexibility index (Phi) is 6.63. The molecule has 0 aliphatic heterocycles. The summed E-state index contributed by atoms with van der Waals surface area (Å²) in [5.74, 6) is 1.51. The maximum atomic E-state index is 11.5. The van der Waals surface area contributed by atoms with Gasteiger partial charge in [-0.3, -0.25) is 4.79 Å². The molecule has 2 aromatic carbocycles. The number of hydrogen-bond acceptors (Lipinski definition) is 3. The number of aromatic nitrogens is 2. The molecule has 5 heteroatoms. The van der Waals surface area contributed by atoms with Crippen molar-refractivity contribution in [3.8, 4) is 5.75 Å². The smallest absolute Gasteiger partial charge is 0.243 e. The minimum absolute atomic E-state index is 0.208. The maximum absolute atomic E-state index is 11.5. The van der Waals surface area contributed by atoms with Crippen LogP contribution in [0.2, 0.25) is 0 Å². The average molecular weight is 375 g/mol. The van der Waals surface area contributed by atoms with Crippen LogP contribution >= 0.6 is 0 Å². The number of nitrogens with one attached hydrogen (secondary N) is 1. The molecule has 0 saturated heterocycles. The predicted octanol–water partition coefficient (Wildman–Crippen LogP) is 4.04. The second-order valence-corrected chi connectivity index (χ2v) is 6.39. The van der Waals surface area contributed by atoms with E-state index in [4.69, 9.17) is 4.74 Å². The predicted molar refractivity (Wildman–Crippen MR) is 112 cm³/mol. The fourth-order valence-electron chi connectivity index (χ4n) is 3.12. The van der Waals surface area contributed by atoms with Crippen LogP contribution in [-0.4, -0.2) is 22.1 Å². The van der Waals surface area contributed by atoms with E-state index in [2.05, 4.69) is 34.1 Å². The Balaban J connectivity index is 1.67. The number of rotatable bonds is 10. The summed E-state index contributed by atoms with van der Waals surface area (Å²) >= 11 is 0. The van der Waals surface area contributed by atoms with Crippen LogP contribution in [0.15, 0.2) is 73.8 Å². The second kappa shape index (κ2) is 9.55. The number of amides is 1. The van der Waals surface area contributed by atoms with Gasteiger partial charge in [-0.2, -0.15) is 0 Å². The zero-order valence-corrected chi connectivity index (χ0v) is 15.9. The Morgan fingerprint density at radius 2 is 1.93 bits per heavy atom. The average Bonchev–Trinajstić information content (AvgIpc) is 3.08. The highest BCUT2D eigenvalue weighted by Gasteiger charge is 2.11. The zero-order chi connectivity index (χ0) is 19.8. The minimum Gasteiger partial charge on any atom is -0.493 e. The summed E-state index contributed by atoms with van der Waals surface area (Å²) in [6.45, 7) is 9.00. The Hall–Kier alpha value is -3.34. The number of allylic oxidation sites excluding steroid dienone is 1. The molecule has 144 valence electrons. The van der Waals surface area contributed by atoms with Gasteiger partial charge in [-0.15, -0.1) is 6.58 Å². The molecule has 0 unspecified atom stereocenters. The van der Waals surface area contributed by atoms with E-state index in [-0.39, 0.29) is 5.91 Å². The Morgan fingerprint density at radius 1 is 1.14 bits per heavy atom. The highest BCUT2D eigenvalue weighted by molar-refractivity contribution is 5.86. The molecule has 5 nitrogen and oxygen atoms in total. The summed E-state index contributed by atoms with van der Waals surface area (Å²) in [5, 5.41) is 2.81. The van der Waals surface area contributed by atoms with Crippen LogP contribution < -0.4 is 10.1 Å². The molecule has 0 radical (unpaired) electrons. The van der Waals surface area contributed by atoms with E-state index in [1.165, 1.54) is 6.08 Å². The molecule has 1 amide bonds. The molecule has 0 spiro atoms. The van der Waals surface area contributed by atoms with Crippen LogP contribution in [0.5, 0.6) is 5.75 Å². The first-order valence-electron chi connectivity index (χ1n) is 9.39. The topological polar surface area (TPSA) is 56.1 Å². The van der Waals surface area contributed by atoms with Gasteiger partial charge in [0, 0.05) is 6.54 Å². The molecule has 28 heavy (non-hydrogen) atoms. The van der Waals surface area contributed by atoms with Gasteiger partial charge < -0.3 is 14.6 Å². The van der Waals surface area contributed by atoms with E-state index in [9.17, 15) is 4.79 Å². The number of ether oxygens (including phenoxy) is 1. The summed E-state index contributed by atoms with van der Waals surface area (Å²) in [6.07, 6.45) is 4.76. The van der Waals surface area contributed by atoms with Gasteiger partial charge in [0.2, 0.25) is 5.91 Å². The van der Waals surface area contributed by atoms with Gasteiger partial charge in [-0.25, -0.2) is 4.98 Å². The highest BCUT2D eigenvalue weighted by Crippen LogP contribution is 2.20. The standard InChI is InChI=1S/C23H25N3O2/c1-3-10-18-11-5-8-14-21(18)28-16-9-15-26-20-13-7-6-12-19(20)25-22(26)17-24-23(27)4-2/h3-8,11-14H,1-2,9-10,15-17H2,(H,24,27). The lowest BCUT2D eigenvalue weighted by molar-refractivity contribution is -0.116. The number of aryl methyl sites for hydroxylation is 1. The molecule has 1 aromatic heterocycles. The van der Waals surface area contributed by atoms with Crippen molar-refractivity contribution in [1.82, 2.24) is 14.9 Å². The lowest BCUT2D eigenvalue weighted by Crippen LogP contribution is -2.22. The number of fused-ring (bicyclic) bond motifs is 1. The van der Waals surface area contributed by atoms with Crippen LogP contribution in [0.1, 0.15) is 17.8 Å². The number of nitrogens with zero attached hydrogens (tertiary/aromatic N) is 2. The lowest BCUT2D eigenvalue weighted by Gasteiger charge is -2.12. The molecule has 1 N–H and O–H groups in total. The van der Waals surface area contributed by atoms with E-state index < -0.39 is 0 Å². The van der Waals surface area contributed by atoms with E-state index >= 15 is 0 Å². The van der Waals surface area contributed by atoms with Crippen molar-refractivity contribution >= 4 is 16.9 Å². The van der Waals surface area contributed by atoms with E-state index in [1.807, 2.05) is 48.5 Å². The molecule has 3 rings (SSSR count). The van der Waals surface area contributed by atoms with Crippen LogP contribution in [0, 0.1) is 0 Å². The summed E-state index contributed by atoms with van der Waals surface area (Å²) in [4.78, 5) is 16.2. The van der Waals surface area contributed by atoms with Crippen LogP contribution in [0.25, 0.3) is 11.0 Å². The van der Waals surface area contributed by atoms with Crippen molar-refractivity contribution in [3.63, 3.8) is 0 Å². The van der Waals surface area contributed by atoms with Crippen molar-refractivity contribution in [3.05, 3.63) is 85.2 Å². The summed E-state index contributed by atoms with van der Waals surface area (Å²) in [6, 6.07) is 16.0. The molecule has 0 atom stereocenters. The third-order valence-corrected chi connectivity index (χ3v) is 4.46. The summed E-state index contributed by atoms with van der Waals surface area (Å²) in [5.41, 5.74) is 3.11. The Labute approximate surface area is 165 Å². The fourth-order valence-corrected chi connectivity index (χ4v) is 3.12. The molecule has 3 aromatic rings. The van der Waals surface area contributed by atoms with E-state index in [0.29, 0.717) is 13.2 Å². The van der Waals surface area contributed by atoms with Crippen LogP contribution in [0.3, 0.4) is 0 Å². The molecule has 0 saturated carbocycles. The van der Waals surface area contributed by atoms with E-state index in [0.717, 1.165) is 47.6 Å². The molecule has 0 aliphatic carbocycles. The number of para-hydroxylation sites is 3. The van der Waals surface area contributed by atoms with Crippen LogP contribution in [0.4, 0.5) is 0 Å². The van der Waals surface area contributed by atoms with Gasteiger partial charge in [-0.05, 0) is 42.7 Å². The molecular weight excluding hydrogens is 350 g/mol. The van der Waals surface area contributed by atoms with Crippen molar-refractivity contribution in [1.29, 1.82) is 0 Å². The minimum atomic E-state index is -0.208. The number of carbonyl (C=O) groups is 1. The molecule has 0 fully saturated rings. The monoisotopic (exact) mass is 375 g/mol. The third-order valence-electron chi connectivity index (χ3n) is 4.46. The first-order chi connectivity index (χ1) is 13.7. The SMILES string of the molecule is C=CCc1ccccc1OCCCn1c(CNC(=O)C=C)nc2ccccc21. The molecule has 1 heterocycles.